The van der Waals surface area contributed by atoms with Crippen LogP contribution in [0.15, 0.2) is 27.7 Å². The third kappa shape index (κ3) is 4.76. The highest BCUT2D eigenvalue weighted by Gasteiger charge is 2.24. The Morgan fingerprint density at radius 3 is 2.71 bits per heavy atom. The van der Waals surface area contributed by atoms with Crippen LogP contribution in [0.1, 0.15) is 20.3 Å². The Morgan fingerprint density at radius 1 is 1.32 bits per heavy atom. The molecule has 0 aliphatic heterocycles. The lowest BCUT2D eigenvalue weighted by Gasteiger charge is -2.11. The van der Waals surface area contributed by atoms with Gasteiger partial charge in [0.2, 0.25) is 11.7 Å². The van der Waals surface area contributed by atoms with Crippen molar-refractivity contribution in [2.45, 2.75) is 37.9 Å². The van der Waals surface area contributed by atoms with Crippen molar-refractivity contribution < 1.29 is 18.8 Å². The van der Waals surface area contributed by atoms with Crippen molar-refractivity contribution in [3.05, 3.63) is 18.2 Å². The summed E-state index contributed by atoms with van der Waals surface area (Å²) >= 11 is 1.38. The van der Waals surface area contributed by atoms with E-state index in [1.54, 1.807) is 32.4 Å². The van der Waals surface area contributed by atoms with Crippen LogP contribution in [-0.4, -0.2) is 52.3 Å². The number of nitrogens with two attached hydrogens (primary N) is 1. The highest BCUT2D eigenvalue weighted by molar-refractivity contribution is 7.98. The molecule has 0 bridgehead atoms. The van der Waals surface area contributed by atoms with Gasteiger partial charge in [-0.25, -0.2) is 4.68 Å². The number of hydrogen-bond acceptors (Lipinski definition) is 9. The van der Waals surface area contributed by atoms with Crippen LogP contribution in [-0.2, 0) is 11.3 Å². The highest BCUT2D eigenvalue weighted by Crippen LogP contribution is 2.36. The Bertz CT molecular complexity index is 1060. The van der Waals surface area contributed by atoms with Gasteiger partial charge in [0.05, 0.1) is 14.2 Å². The smallest absolute Gasteiger partial charge is 0.264 e. The summed E-state index contributed by atoms with van der Waals surface area (Å²) in [7, 11) is 3.12. The van der Waals surface area contributed by atoms with Crippen molar-refractivity contribution in [3.63, 3.8) is 0 Å². The van der Waals surface area contributed by atoms with Gasteiger partial charge in [0.25, 0.3) is 5.89 Å². The van der Waals surface area contributed by atoms with Gasteiger partial charge in [0.15, 0.2) is 11.5 Å². The Hall–Kier alpha value is -3.21. The van der Waals surface area contributed by atoms with Crippen molar-refractivity contribution in [1.29, 1.82) is 0 Å². The number of hydrogen-bond donors (Lipinski definition) is 2. The minimum Gasteiger partial charge on any atom is -0.493 e. The molecule has 0 unspecified atom stereocenters. The van der Waals surface area contributed by atoms with Crippen LogP contribution in [0.25, 0.3) is 22.8 Å². The van der Waals surface area contributed by atoms with E-state index < -0.39 is 0 Å². The normalized spacial score (nSPS) is 11.9. The van der Waals surface area contributed by atoms with Crippen LogP contribution >= 0.6 is 11.8 Å². The molecular formula is C20H26N6O4S. The van der Waals surface area contributed by atoms with E-state index in [4.69, 9.17) is 19.7 Å². The second-order valence-corrected chi connectivity index (χ2v) is 7.59. The van der Waals surface area contributed by atoms with Gasteiger partial charge in [-0.3, -0.25) is 4.79 Å². The molecule has 31 heavy (non-hydrogen) atoms. The van der Waals surface area contributed by atoms with Gasteiger partial charge in [0.1, 0.15) is 23.0 Å². The van der Waals surface area contributed by atoms with E-state index in [2.05, 4.69) is 20.6 Å². The molecule has 0 aliphatic carbocycles. The van der Waals surface area contributed by atoms with E-state index in [9.17, 15) is 4.79 Å². The Labute approximate surface area is 184 Å². The maximum Gasteiger partial charge on any atom is 0.264 e. The molecule has 3 aromatic rings. The molecule has 2 heterocycles. The Morgan fingerprint density at radius 2 is 2.06 bits per heavy atom. The number of benzene rings is 1. The summed E-state index contributed by atoms with van der Waals surface area (Å²) in [5, 5.41) is 12.0. The first-order valence-electron chi connectivity index (χ1n) is 9.67. The molecule has 0 aliphatic rings. The quantitative estimate of drug-likeness (QED) is 0.476. The second kappa shape index (κ2) is 9.73. The van der Waals surface area contributed by atoms with Crippen molar-refractivity contribution in [2.24, 2.45) is 0 Å². The van der Waals surface area contributed by atoms with Gasteiger partial charge in [0, 0.05) is 11.6 Å². The molecule has 1 amide bonds. The molecule has 11 heteroatoms. The molecule has 0 radical (unpaired) electrons. The minimum absolute atomic E-state index is 0.000403. The summed E-state index contributed by atoms with van der Waals surface area (Å²) in [4.78, 5) is 16.8. The number of thioether (sulfide) groups is 1. The van der Waals surface area contributed by atoms with Crippen LogP contribution in [0.2, 0.25) is 0 Å². The number of nitrogen functional groups attached to an aromatic ring is 1. The number of anilines is 1. The van der Waals surface area contributed by atoms with E-state index in [0.29, 0.717) is 33.5 Å². The summed E-state index contributed by atoms with van der Waals surface area (Å²) < 4.78 is 17.5. The molecule has 0 saturated carbocycles. The van der Waals surface area contributed by atoms with Crippen LogP contribution < -0.4 is 20.5 Å². The number of carbonyl (C=O) groups excluding carboxylic acids is 1. The number of carbonyl (C=O) groups is 1. The summed E-state index contributed by atoms with van der Waals surface area (Å²) in [6, 6.07) is 5.40. The van der Waals surface area contributed by atoms with Crippen LogP contribution in [0.4, 0.5) is 5.82 Å². The van der Waals surface area contributed by atoms with E-state index >= 15 is 0 Å². The number of aromatic nitrogens is 4. The molecule has 0 spiro atoms. The molecule has 2 aromatic heterocycles. The lowest BCUT2D eigenvalue weighted by Crippen LogP contribution is -2.35. The average Bonchev–Trinajstić information content (AvgIpc) is 3.37. The van der Waals surface area contributed by atoms with Gasteiger partial charge in [-0.05, 0) is 37.8 Å². The van der Waals surface area contributed by atoms with E-state index in [1.807, 2.05) is 20.1 Å². The molecule has 0 saturated heterocycles. The zero-order valence-corrected chi connectivity index (χ0v) is 18.9. The SMILES string of the molecule is CC[C@H](C)NC(=O)Cn1nc(SC)c(-c2nc(-c3ccc(OC)c(OC)c3)no2)c1N. The van der Waals surface area contributed by atoms with Gasteiger partial charge in [-0.2, -0.15) is 10.1 Å². The van der Waals surface area contributed by atoms with Gasteiger partial charge < -0.3 is 25.0 Å². The topological polar surface area (TPSA) is 130 Å². The molecular weight excluding hydrogens is 420 g/mol. The van der Waals surface area contributed by atoms with Crippen LogP contribution in [0, 0.1) is 0 Å². The third-order valence-electron chi connectivity index (χ3n) is 4.75. The molecule has 1 atom stereocenters. The number of ether oxygens (including phenoxy) is 2. The van der Waals surface area contributed by atoms with Crippen molar-refractivity contribution in [1.82, 2.24) is 25.2 Å². The molecule has 166 valence electrons. The minimum atomic E-state index is -0.167. The molecule has 3 N–H and O–H groups in total. The zero-order chi connectivity index (χ0) is 22.5. The van der Waals surface area contributed by atoms with Crippen molar-refractivity contribution >= 4 is 23.5 Å². The lowest BCUT2D eigenvalue weighted by molar-refractivity contribution is -0.122. The number of nitrogens with zero attached hydrogens (tertiary/aromatic N) is 4. The lowest BCUT2D eigenvalue weighted by atomic mass is 10.2. The zero-order valence-electron chi connectivity index (χ0n) is 18.1. The van der Waals surface area contributed by atoms with Gasteiger partial charge in [-0.1, -0.05) is 12.1 Å². The summed E-state index contributed by atoms with van der Waals surface area (Å²) in [5.41, 5.74) is 7.49. The fraction of sp³-hybridized carbons (Fsp3) is 0.400. The first kappa shape index (κ1) is 22.5. The predicted octanol–water partition coefficient (Wildman–Crippen LogP) is 2.84. The maximum absolute atomic E-state index is 12.3. The average molecular weight is 447 g/mol. The summed E-state index contributed by atoms with van der Waals surface area (Å²) in [6.45, 7) is 3.94. The predicted molar refractivity (Wildman–Crippen MR) is 118 cm³/mol. The number of nitrogens with one attached hydrogen (secondary N) is 1. The fourth-order valence-electron chi connectivity index (χ4n) is 2.89. The number of rotatable bonds is 9. The number of methoxy groups -OCH3 is 2. The molecule has 3 rings (SSSR count). The second-order valence-electron chi connectivity index (χ2n) is 6.80. The molecule has 10 nitrogen and oxygen atoms in total. The first-order valence-corrected chi connectivity index (χ1v) is 10.9. The monoisotopic (exact) mass is 446 g/mol. The van der Waals surface area contributed by atoms with Gasteiger partial charge in [-0.15, -0.1) is 11.8 Å². The standard InChI is InChI=1S/C20H26N6O4S/c1-6-11(2)22-15(27)10-26-17(21)16(20(24-26)31-5)19-23-18(25-30-19)12-7-8-13(28-3)14(9-12)29-4/h7-9,11H,6,10,21H2,1-5H3,(H,22,27)/t11-/m0/s1. The maximum atomic E-state index is 12.3. The molecule has 1 aromatic carbocycles. The fourth-order valence-corrected chi connectivity index (χ4v) is 3.47. The molecule has 0 fully saturated rings. The summed E-state index contributed by atoms with van der Waals surface area (Å²) in [6.07, 6.45) is 2.70. The van der Waals surface area contributed by atoms with Crippen LogP contribution in [0.5, 0.6) is 11.5 Å². The van der Waals surface area contributed by atoms with Crippen molar-refractivity contribution in [2.75, 3.05) is 26.2 Å². The van der Waals surface area contributed by atoms with Crippen molar-refractivity contribution in [3.8, 4) is 34.3 Å². The Kier molecular flexibility index (Phi) is 7.06. The largest absolute Gasteiger partial charge is 0.493 e. The van der Waals surface area contributed by atoms with Gasteiger partial charge >= 0.3 is 0 Å². The van der Waals surface area contributed by atoms with E-state index in [1.165, 1.54) is 16.4 Å². The number of amides is 1. The van der Waals surface area contributed by atoms with E-state index in [0.717, 1.165) is 6.42 Å². The Balaban J connectivity index is 1.91. The summed E-state index contributed by atoms with van der Waals surface area (Å²) in [5.74, 6) is 1.85. The third-order valence-corrected chi connectivity index (χ3v) is 5.42. The first-order chi connectivity index (χ1) is 14.9. The highest BCUT2D eigenvalue weighted by atomic mass is 32.2. The van der Waals surface area contributed by atoms with E-state index in [-0.39, 0.29) is 30.2 Å². The van der Waals surface area contributed by atoms with Crippen LogP contribution in [0.3, 0.4) is 0 Å².